The first kappa shape index (κ1) is 52.3. The SMILES string of the molecule is CCCCN(c1ccccc1SC)P(Pc1ccc([Si](CCCC)(CCCC)CCCC)cc1-c1ccccc1SC)c1ccc([Si](CCCC)(CCCC)CCCC)cc1. The van der Waals surface area contributed by atoms with Gasteiger partial charge < -0.3 is 4.67 Å². The summed E-state index contributed by atoms with van der Waals surface area (Å²) < 4.78 is 2.90. The van der Waals surface area contributed by atoms with Crippen molar-refractivity contribution in [3.63, 3.8) is 0 Å². The summed E-state index contributed by atoms with van der Waals surface area (Å²) in [5.74, 6) is 0. The van der Waals surface area contributed by atoms with E-state index >= 15 is 0 Å². The molecule has 7 heteroatoms. The molecule has 4 aromatic carbocycles. The maximum absolute atomic E-state index is 2.90. The van der Waals surface area contributed by atoms with Crippen molar-refractivity contribution in [2.45, 2.75) is 184 Å². The molecule has 0 N–H and O–H groups in total. The number of para-hydroxylation sites is 1. The molecule has 61 heavy (non-hydrogen) atoms. The van der Waals surface area contributed by atoms with Gasteiger partial charge in [-0.25, -0.2) is 0 Å². The third-order valence-corrected chi connectivity index (χ3v) is 31.3. The molecule has 0 aromatic heterocycles. The van der Waals surface area contributed by atoms with E-state index in [9.17, 15) is 0 Å². The van der Waals surface area contributed by atoms with E-state index in [0.29, 0.717) is 8.27 Å². The Hall–Kier alpha value is -1.33. The molecule has 0 saturated carbocycles. The van der Waals surface area contributed by atoms with Crippen molar-refractivity contribution in [1.82, 2.24) is 0 Å². The summed E-state index contributed by atoms with van der Waals surface area (Å²) in [4.78, 5) is 2.81. The zero-order valence-electron chi connectivity index (χ0n) is 40.2. The Bertz CT molecular complexity index is 1770. The molecule has 0 amide bonds. The Morgan fingerprint density at radius 1 is 0.475 bits per heavy atom. The summed E-state index contributed by atoms with van der Waals surface area (Å²) in [7, 11) is -3.36. The van der Waals surface area contributed by atoms with Gasteiger partial charge in [-0.2, -0.15) is 0 Å². The van der Waals surface area contributed by atoms with Crippen LogP contribution in [0.25, 0.3) is 11.1 Å². The van der Waals surface area contributed by atoms with Gasteiger partial charge in [0.2, 0.25) is 0 Å². The molecule has 0 aliphatic heterocycles. The minimum atomic E-state index is -1.72. The molecular formula is C54H85NP2S2Si2. The predicted octanol–water partition coefficient (Wildman–Crippen LogP) is 17.2. The monoisotopic (exact) mass is 930 g/mol. The van der Waals surface area contributed by atoms with E-state index in [4.69, 9.17) is 0 Å². The smallest absolute Gasteiger partial charge is 0.0867 e. The lowest BCUT2D eigenvalue weighted by molar-refractivity contribution is 0.800. The summed E-state index contributed by atoms with van der Waals surface area (Å²) in [6.45, 7) is 17.9. The molecule has 1 nitrogen and oxygen atoms in total. The number of anilines is 1. The topological polar surface area (TPSA) is 3.24 Å². The van der Waals surface area contributed by atoms with Crippen LogP contribution in [0.3, 0.4) is 0 Å². The summed E-state index contributed by atoms with van der Waals surface area (Å²) in [5, 5.41) is 6.59. The van der Waals surface area contributed by atoms with Gasteiger partial charge in [0.1, 0.15) is 0 Å². The van der Waals surface area contributed by atoms with Gasteiger partial charge in [-0.15, -0.1) is 23.5 Å². The maximum atomic E-state index is 2.90. The number of hydrogen-bond acceptors (Lipinski definition) is 3. The summed E-state index contributed by atoms with van der Waals surface area (Å²) in [6, 6.07) is 46.0. The van der Waals surface area contributed by atoms with Gasteiger partial charge >= 0.3 is 0 Å². The standard InChI is InChI=1S/C54H85NP2S2Si2/c1-10-17-38-55(51-29-25-27-31-54(51)59-9)57(46-32-34-47(35-33-46)60(39-18-11-2,40-19-12-3)41-20-13-4)56-52-37-36-48(45-50(52)49-28-24-26-30-53(49)58-8)61(42-21-14-5,43-22-15-6)44-23-16-7/h24-37,45,56H,10-23,38-44H2,1-9H3. The van der Waals surface area contributed by atoms with Gasteiger partial charge in [0.25, 0.3) is 0 Å². The van der Waals surface area contributed by atoms with Gasteiger partial charge in [-0.05, 0) is 61.8 Å². The molecule has 4 rings (SSSR count). The highest BCUT2D eigenvalue weighted by atomic mass is 32.2. The van der Waals surface area contributed by atoms with Crippen LogP contribution < -0.4 is 25.7 Å². The maximum Gasteiger partial charge on any atom is 0.0867 e. The number of rotatable bonds is 31. The van der Waals surface area contributed by atoms with Gasteiger partial charge in [0.15, 0.2) is 0 Å². The lowest BCUT2D eigenvalue weighted by Crippen LogP contribution is -2.48. The van der Waals surface area contributed by atoms with E-state index in [1.165, 1.54) is 153 Å². The second-order valence-corrected chi connectivity index (χ2v) is 33.1. The number of hydrogen-bond donors (Lipinski definition) is 0. The minimum Gasteiger partial charge on any atom is -0.342 e. The fourth-order valence-electron chi connectivity index (χ4n) is 9.58. The fourth-order valence-corrected chi connectivity index (χ4v) is 27.5. The van der Waals surface area contributed by atoms with Crippen molar-refractivity contribution in [1.29, 1.82) is 0 Å². The molecule has 0 bridgehead atoms. The van der Waals surface area contributed by atoms with Gasteiger partial charge in [0.05, 0.1) is 21.8 Å². The van der Waals surface area contributed by atoms with Crippen LogP contribution in [-0.4, -0.2) is 35.2 Å². The molecule has 0 heterocycles. The summed E-state index contributed by atoms with van der Waals surface area (Å²) >= 11 is 3.83. The number of nitrogens with zero attached hydrogens (tertiary/aromatic N) is 1. The van der Waals surface area contributed by atoms with Gasteiger partial charge in [0, 0.05) is 29.4 Å². The Labute approximate surface area is 390 Å². The Kier molecular flexibility index (Phi) is 24.5. The van der Waals surface area contributed by atoms with E-state index in [0.717, 1.165) is 6.54 Å². The molecule has 0 aliphatic rings. The van der Waals surface area contributed by atoms with Crippen molar-refractivity contribution in [3.05, 3.63) is 91.0 Å². The van der Waals surface area contributed by atoms with Gasteiger partial charge in [-0.1, -0.05) is 251 Å². The zero-order valence-corrected chi connectivity index (χ0v) is 45.7. The van der Waals surface area contributed by atoms with Crippen molar-refractivity contribution >= 4 is 82.4 Å². The first-order chi connectivity index (χ1) is 29.8. The number of thioether (sulfide) groups is 2. The third kappa shape index (κ3) is 14.6. The molecule has 0 saturated heterocycles. The van der Waals surface area contributed by atoms with E-state index < -0.39 is 23.9 Å². The lowest BCUT2D eigenvalue weighted by atomic mass is 10.1. The quantitative estimate of drug-likeness (QED) is 0.0281. The normalized spacial score (nSPS) is 12.7. The molecule has 0 fully saturated rings. The van der Waals surface area contributed by atoms with Crippen LogP contribution in [0.2, 0.25) is 36.3 Å². The highest BCUT2D eigenvalue weighted by Gasteiger charge is 2.36. The van der Waals surface area contributed by atoms with E-state index in [-0.39, 0.29) is 0 Å². The first-order valence-electron chi connectivity index (χ1n) is 24.7. The van der Waals surface area contributed by atoms with Crippen LogP contribution in [0.4, 0.5) is 5.69 Å². The largest absolute Gasteiger partial charge is 0.342 e. The highest BCUT2D eigenvalue weighted by Crippen LogP contribution is 2.60. The van der Waals surface area contributed by atoms with E-state index in [1.807, 2.05) is 23.5 Å². The van der Waals surface area contributed by atoms with Crippen LogP contribution in [-0.2, 0) is 0 Å². The summed E-state index contributed by atoms with van der Waals surface area (Å²) in [6.07, 6.45) is 23.0. The second kappa shape index (κ2) is 28.6. The minimum absolute atomic E-state index is 0.676. The van der Waals surface area contributed by atoms with Crippen LogP contribution in [0.15, 0.2) is 101 Å². The lowest BCUT2D eigenvalue weighted by Gasteiger charge is -2.37. The van der Waals surface area contributed by atoms with Crippen LogP contribution in [0.1, 0.15) is 138 Å². The van der Waals surface area contributed by atoms with Crippen molar-refractivity contribution < 1.29 is 0 Å². The molecule has 4 aromatic rings. The molecule has 0 radical (unpaired) electrons. The average molecular weight is 931 g/mol. The Morgan fingerprint density at radius 2 is 0.918 bits per heavy atom. The van der Waals surface area contributed by atoms with Crippen LogP contribution in [0, 0.1) is 0 Å². The van der Waals surface area contributed by atoms with Crippen molar-refractivity contribution in [2.75, 3.05) is 23.7 Å². The number of unbranched alkanes of at least 4 members (excludes halogenated alkanes) is 7. The molecular weight excluding hydrogens is 845 g/mol. The van der Waals surface area contributed by atoms with Crippen molar-refractivity contribution in [2.24, 2.45) is 0 Å². The summed E-state index contributed by atoms with van der Waals surface area (Å²) in [5.41, 5.74) is 4.39. The van der Waals surface area contributed by atoms with E-state index in [1.54, 1.807) is 21.0 Å². The van der Waals surface area contributed by atoms with Gasteiger partial charge in [-0.3, -0.25) is 0 Å². The molecule has 336 valence electrons. The third-order valence-electron chi connectivity index (χ3n) is 13.4. The Morgan fingerprint density at radius 3 is 1.41 bits per heavy atom. The van der Waals surface area contributed by atoms with Crippen LogP contribution in [0.5, 0.6) is 0 Å². The zero-order chi connectivity index (χ0) is 43.9. The molecule has 0 aliphatic carbocycles. The van der Waals surface area contributed by atoms with Crippen molar-refractivity contribution in [3.8, 4) is 11.1 Å². The first-order valence-corrected chi connectivity index (χ1v) is 35.5. The average Bonchev–Trinajstić information content (AvgIpc) is 3.31. The number of benzene rings is 4. The van der Waals surface area contributed by atoms with Crippen LogP contribution >= 0.6 is 39.6 Å². The molecule has 2 atom stereocenters. The second-order valence-electron chi connectivity index (χ2n) is 17.8. The predicted molar refractivity (Wildman–Crippen MR) is 294 cm³/mol. The van der Waals surface area contributed by atoms with E-state index in [2.05, 4.69) is 157 Å². The fraction of sp³-hybridized carbons (Fsp3) is 0.556. The molecule has 0 spiro atoms. The Balaban J connectivity index is 2.01. The molecule has 2 unspecified atom stereocenters. The highest BCUT2D eigenvalue weighted by molar-refractivity contribution is 8.28.